The summed E-state index contributed by atoms with van der Waals surface area (Å²) in [5.41, 5.74) is 1.43. The molecule has 0 radical (unpaired) electrons. The highest BCUT2D eigenvalue weighted by molar-refractivity contribution is 5.54. The number of benzene rings is 2. The molecule has 1 saturated heterocycles. The smallest absolute Gasteiger partial charge is 0.269 e. The first-order valence-corrected chi connectivity index (χ1v) is 9.26. The zero-order valence-corrected chi connectivity index (χ0v) is 16.2. The number of nitrogens with zero attached hydrogens (tertiary/aromatic N) is 3. The summed E-state index contributed by atoms with van der Waals surface area (Å²) in [5.74, 6) is 2.28. The number of carbonyl (C=O) groups excluding carboxylic acids is 1. The molecule has 2 aromatic rings. The van der Waals surface area contributed by atoms with Crippen molar-refractivity contribution in [1.82, 2.24) is 9.80 Å². The minimum absolute atomic E-state index is 0.0000720. The molecule has 0 aromatic heterocycles. The third kappa shape index (κ3) is 4.80. The molecule has 0 N–H and O–H groups in total. The van der Waals surface area contributed by atoms with E-state index in [1.54, 1.807) is 24.3 Å². The fourth-order valence-corrected chi connectivity index (χ4v) is 3.40. The predicted molar refractivity (Wildman–Crippen MR) is 105 cm³/mol. The molecule has 1 aliphatic heterocycles. The van der Waals surface area contributed by atoms with E-state index in [1.165, 1.54) is 24.3 Å². The summed E-state index contributed by atoms with van der Waals surface area (Å²) in [5, 5.41) is 10.7. The zero-order chi connectivity index (χ0) is 21.0. The summed E-state index contributed by atoms with van der Waals surface area (Å²) in [6, 6.07) is 11.9. The quantitative estimate of drug-likeness (QED) is 0.421. The van der Waals surface area contributed by atoms with E-state index in [2.05, 4.69) is 5.94 Å². The molecule has 0 unspecified atom stereocenters. The lowest BCUT2D eigenvalue weighted by Gasteiger charge is -2.45. The molecule has 1 fully saturated rings. The Kier molecular flexibility index (Phi) is 6.26. The Morgan fingerprint density at radius 1 is 1.17 bits per heavy atom. The molecular formula is C21H22FN3O4. The van der Waals surface area contributed by atoms with Crippen LogP contribution in [0.5, 0.6) is 5.75 Å². The minimum Gasteiger partial charge on any atom is -0.478 e. The van der Waals surface area contributed by atoms with Gasteiger partial charge in [0.15, 0.2) is 0 Å². The minimum atomic E-state index is -0.463. The summed E-state index contributed by atoms with van der Waals surface area (Å²) in [4.78, 5) is 26.0. The molecular weight excluding hydrogens is 377 g/mol. The topological polar surface area (TPSA) is 75.9 Å². The molecule has 0 bridgehead atoms. The Balaban J connectivity index is 1.66. The van der Waals surface area contributed by atoms with Gasteiger partial charge >= 0.3 is 0 Å². The zero-order valence-electron chi connectivity index (χ0n) is 16.2. The third-order valence-electron chi connectivity index (χ3n) is 5.10. The van der Waals surface area contributed by atoms with Crippen molar-refractivity contribution in [2.24, 2.45) is 0 Å². The third-order valence-corrected chi connectivity index (χ3v) is 5.10. The van der Waals surface area contributed by atoms with Gasteiger partial charge in [0.1, 0.15) is 29.9 Å². The van der Waals surface area contributed by atoms with Crippen LogP contribution in [-0.2, 0) is 11.3 Å². The van der Waals surface area contributed by atoms with Crippen LogP contribution < -0.4 is 4.74 Å². The van der Waals surface area contributed by atoms with E-state index in [0.29, 0.717) is 24.5 Å². The van der Waals surface area contributed by atoms with E-state index in [0.717, 1.165) is 5.56 Å². The van der Waals surface area contributed by atoms with Gasteiger partial charge in [0.2, 0.25) is 0 Å². The van der Waals surface area contributed by atoms with Crippen LogP contribution in [0.15, 0.2) is 54.2 Å². The number of nitro groups is 1. The maximum Gasteiger partial charge on any atom is 0.269 e. The number of ether oxygens (including phenoxy) is 1. The van der Waals surface area contributed by atoms with Crippen molar-refractivity contribution in [1.29, 1.82) is 0 Å². The van der Waals surface area contributed by atoms with E-state index < -0.39 is 4.92 Å². The highest BCUT2D eigenvalue weighted by Gasteiger charge is 2.34. The second-order valence-corrected chi connectivity index (χ2v) is 7.06. The lowest BCUT2D eigenvalue weighted by Crippen LogP contribution is -2.55. The first kappa shape index (κ1) is 20.5. The Hall–Kier alpha value is -3.22. The van der Waals surface area contributed by atoms with Crippen LogP contribution in [0, 0.1) is 15.9 Å². The second-order valence-electron chi connectivity index (χ2n) is 7.06. The van der Waals surface area contributed by atoms with Crippen molar-refractivity contribution in [2.75, 3.05) is 13.3 Å². The lowest BCUT2D eigenvalue weighted by atomic mass is 10.0. The summed E-state index contributed by atoms with van der Waals surface area (Å²) < 4.78 is 18.9. The van der Waals surface area contributed by atoms with Crippen molar-refractivity contribution in [3.63, 3.8) is 0 Å². The number of rotatable bonds is 6. The molecule has 29 heavy (non-hydrogen) atoms. The van der Waals surface area contributed by atoms with Gasteiger partial charge in [-0.05, 0) is 43.7 Å². The van der Waals surface area contributed by atoms with E-state index in [9.17, 15) is 19.3 Å². The molecule has 1 heterocycles. The summed E-state index contributed by atoms with van der Waals surface area (Å²) in [6.45, 7) is 5.29. The number of hydrogen-bond donors (Lipinski definition) is 0. The van der Waals surface area contributed by atoms with Crippen LogP contribution in [0.4, 0.5) is 10.1 Å². The van der Waals surface area contributed by atoms with Crippen molar-refractivity contribution in [3.8, 4) is 5.75 Å². The van der Waals surface area contributed by atoms with Crippen LogP contribution in [0.2, 0.25) is 0 Å². The highest BCUT2D eigenvalue weighted by atomic mass is 19.1. The first-order chi connectivity index (χ1) is 13.9. The predicted octanol–water partition coefficient (Wildman–Crippen LogP) is 3.38. The summed E-state index contributed by atoms with van der Waals surface area (Å²) >= 11 is 0. The Morgan fingerprint density at radius 2 is 1.83 bits per heavy atom. The summed E-state index contributed by atoms with van der Waals surface area (Å²) in [7, 11) is 0. The van der Waals surface area contributed by atoms with Crippen LogP contribution in [0.3, 0.4) is 0 Å². The number of hydrogen-bond acceptors (Lipinski definition) is 6. The van der Waals surface area contributed by atoms with Gasteiger partial charge in [0.25, 0.3) is 5.69 Å². The number of piperazine rings is 1. The van der Waals surface area contributed by atoms with Gasteiger partial charge in [0, 0.05) is 31.3 Å². The molecule has 3 rings (SSSR count). The maximum atomic E-state index is 13.1. The Labute approximate surface area is 168 Å². The van der Waals surface area contributed by atoms with Gasteiger partial charge in [-0.3, -0.25) is 15.0 Å². The van der Waals surface area contributed by atoms with Gasteiger partial charge in [-0.15, -0.1) is 0 Å². The number of non-ortho nitro benzene ring substituents is 1. The molecule has 2 aromatic carbocycles. The van der Waals surface area contributed by atoms with Gasteiger partial charge in [-0.2, -0.15) is 0 Å². The van der Waals surface area contributed by atoms with E-state index >= 15 is 0 Å². The maximum absolute atomic E-state index is 13.1. The van der Waals surface area contributed by atoms with E-state index in [-0.39, 0.29) is 30.3 Å². The normalized spacial score (nSPS) is 19.7. The first-order valence-electron chi connectivity index (χ1n) is 9.26. The van der Waals surface area contributed by atoms with Crippen LogP contribution >= 0.6 is 0 Å². The number of nitro benzene ring substituents is 1. The average Bonchev–Trinajstić information content (AvgIpc) is 2.71. The van der Waals surface area contributed by atoms with Crippen molar-refractivity contribution < 1.29 is 18.8 Å². The van der Waals surface area contributed by atoms with Crippen molar-refractivity contribution >= 4 is 11.6 Å². The molecule has 8 heteroatoms. The monoisotopic (exact) mass is 399 g/mol. The summed E-state index contributed by atoms with van der Waals surface area (Å²) in [6.07, 6.45) is 0. The van der Waals surface area contributed by atoms with Gasteiger partial charge in [0.05, 0.1) is 11.0 Å². The molecule has 152 valence electrons. The molecule has 0 aliphatic carbocycles. The van der Waals surface area contributed by atoms with Gasteiger partial charge < -0.3 is 9.64 Å². The van der Waals surface area contributed by atoms with Crippen LogP contribution in [0.1, 0.15) is 19.4 Å². The molecule has 0 amide bonds. The van der Waals surface area contributed by atoms with Crippen LogP contribution in [-0.4, -0.2) is 46.0 Å². The second kappa shape index (κ2) is 8.86. The lowest BCUT2D eigenvalue weighted by molar-refractivity contribution is -0.384. The molecule has 2 atom stereocenters. The Bertz CT molecular complexity index is 911. The van der Waals surface area contributed by atoms with Gasteiger partial charge in [-0.25, -0.2) is 9.18 Å². The van der Waals surface area contributed by atoms with Crippen LogP contribution in [0.25, 0.3) is 0 Å². The van der Waals surface area contributed by atoms with Crippen molar-refractivity contribution in [3.05, 3.63) is 75.7 Å². The average molecular weight is 399 g/mol. The largest absolute Gasteiger partial charge is 0.478 e. The molecule has 7 nitrogen and oxygen atoms in total. The van der Waals surface area contributed by atoms with E-state index in [1.807, 2.05) is 23.6 Å². The SMILES string of the molecule is C[C@@H]1CN(COc2ccc([N+](=O)[O-])cc2)[C@@H](C)C(=C=O)N1Cc1ccc(F)cc1. The van der Waals surface area contributed by atoms with Crippen molar-refractivity contribution in [2.45, 2.75) is 32.5 Å². The number of halogens is 1. The molecule has 0 saturated carbocycles. The fourth-order valence-electron chi connectivity index (χ4n) is 3.40. The molecule has 0 spiro atoms. The highest BCUT2D eigenvalue weighted by Crippen LogP contribution is 2.26. The molecule has 1 aliphatic rings. The Morgan fingerprint density at radius 3 is 2.41 bits per heavy atom. The van der Waals surface area contributed by atoms with E-state index in [4.69, 9.17) is 4.74 Å². The van der Waals surface area contributed by atoms with Gasteiger partial charge in [-0.1, -0.05) is 12.1 Å². The standard InChI is InChI=1S/C21H22FN3O4/c1-15-11-23(14-29-20-9-7-19(8-10-20)25(27)28)16(2)21(13-26)24(15)12-17-3-5-18(22)6-4-17/h3-10,15-16H,11-12,14H2,1-2H3/t15-,16+/m1/s1. The fraction of sp³-hybridized carbons (Fsp3) is 0.333.